The monoisotopic (exact) mass is 660 g/mol. The van der Waals surface area contributed by atoms with Crippen molar-refractivity contribution >= 4 is 63.3 Å². The van der Waals surface area contributed by atoms with Crippen molar-refractivity contribution in [3.05, 3.63) is 91.0 Å². The highest BCUT2D eigenvalue weighted by Crippen LogP contribution is 2.58. The number of ether oxygens (including phenoxy) is 1. The highest BCUT2D eigenvalue weighted by atomic mass is 127. The van der Waals surface area contributed by atoms with Gasteiger partial charge in [-0.25, -0.2) is 0 Å². The van der Waals surface area contributed by atoms with Crippen LogP contribution < -0.4 is 15.4 Å². The van der Waals surface area contributed by atoms with Gasteiger partial charge in [-0.15, -0.1) is 0 Å². The topological polar surface area (TPSA) is 67.4 Å². The van der Waals surface area contributed by atoms with E-state index in [0.717, 1.165) is 45.9 Å². The number of benzene rings is 3. The minimum atomic E-state index is -1.13. The van der Waals surface area contributed by atoms with Crippen LogP contribution in [0.2, 0.25) is 10.0 Å². The number of rotatable bonds is 4. The lowest BCUT2D eigenvalue weighted by molar-refractivity contribution is -0.131. The Morgan fingerprint density at radius 1 is 0.921 bits per heavy atom. The Labute approximate surface area is 245 Å². The van der Waals surface area contributed by atoms with Crippen molar-refractivity contribution in [2.24, 2.45) is 0 Å². The molecule has 5 nitrogen and oxygen atoms in total. The molecule has 0 bridgehead atoms. The Kier molecular flexibility index (Phi) is 7.08. The van der Waals surface area contributed by atoms with Gasteiger partial charge in [-0.05, 0) is 102 Å². The third kappa shape index (κ3) is 4.48. The lowest BCUT2D eigenvalue weighted by Gasteiger charge is -2.46. The molecular weight excluding hydrogens is 634 g/mol. The summed E-state index contributed by atoms with van der Waals surface area (Å²) in [4.78, 5) is 27.7. The molecule has 0 aromatic heterocycles. The van der Waals surface area contributed by atoms with Gasteiger partial charge in [0.05, 0.1) is 12.1 Å². The van der Waals surface area contributed by atoms with E-state index in [0.29, 0.717) is 21.5 Å². The average Bonchev–Trinajstić information content (AvgIpc) is 3.18. The van der Waals surface area contributed by atoms with Crippen molar-refractivity contribution in [2.45, 2.75) is 62.0 Å². The van der Waals surface area contributed by atoms with E-state index in [1.165, 1.54) is 6.42 Å². The number of anilines is 1. The minimum Gasteiger partial charge on any atom is -0.490 e. The highest BCUT2D eigenvalue weighted by Gasteiger charge is 2.61. The molecule has 3 aliphatic rings. The summed E-state index contributed by atoms with van der Waals surface area (Å²) in [6.07, 6.45) is 5.77. The number of nitrogens with one attached hydrogen (secondary N) is 2. The maximum Gasteiger partial charge on any atom is 0.238 e. The predicted octanol–water partition coefficient (Wildman–Crippen LogP) is 7.54. The summed E-state index contributed by atoms with van der Waals surface area (Å²) >= 11 is 15.0. The molecule has 8 heteroatoms. The van der Waals surface area contributed by atoms with E-state index in [2.05, 4.69) is 33.2 Å². The van der Waals surface area contributed by atoms with Crippen LogP contribution in [0.3, 0.4) is 0 Å². The van der Waals surface area contributed by atoms with E-state index in [9.17, 15) is 9.59 Å². The van der Waals surface area contributed by atoms with Crippen molar-refractivity contribution < 1.29 is 14.3 Å². The third-order valence-electron chi connectivity index (χ3n) is 8.13. The third-order valence-corrected chi connectivity index (χ3v) is 9.27. The molecule has 1 aliphatic carbocycles. The number of carbonyl (C=O) groups is 2. The van der Waals surface area contributed by atoms with Crippen molar-refractivity contribution in [1.82, 2.24) is 5.32 Å². The van der Waals surface area contributed by atoms with Crippen LogP contribution in [0, 0.1) is 3.57 Å². The predicted molar refractivity (Wildman–Crippen MR) is 158 cm³/mol. The SMILES string of the molecule is O=C1C[C@@H](c2cccc(Cl)c2)[C@]2(C(=O)Nc3cc(Cl)ccc32)[C@@H](c2cc(I)ccc2OC2CCCCC2)N1. The van der Waals surface area contributed by atoms with Crippen molar-refractivity contribution in [3.63, 3.8) is 0 Å². The molecule has 3 aromatic carbocycles. The normalized spacial score (nSPS) is 25.1. The molecule has 2 aliphatic heterocycles. The number of piperidine rings is 1. The fourth-order valence-corrected chi connectivity index (χ4v) is 7.37. The molecule has 2 heterocycles. The van der Waals surface area contributed by atoms with E-state index in [4.69, 9.17) is 27.9 Å². The van der Waals surface area contributed by atoms with Gasteiger partial charge in [0.25, 0.3) is 0 Å². The summed E-state index contributed by atoms with van der Waals surface area (Å²) in [6, 6.07) is 18.3. The van der Waals surface area contributed by atoms with Gasteiger partial charge in [-0.3, -0.25) is 9.59 Å². The Morgan fingerprint density at radius 3 is 2.50 bits per heavy atom. The van der Waals surface area contributed by atoms with Crippen molar-refractivity contribution in [2.75, 3.05) is 5.32 Å². The fourth-order valence-electron chi connectivity index (χ4n) is 6.48. The Bertz CT molecular complexity index is 1420. The number of hydrogen-bond acceptors (Lipinski definition) is 3. The minimum absolute atomic E-state index is 0.116. The van der Waals surface area contributed by atoms with Gasteiger partial charge in [0.1, 0.15) is 11.2 Å². The first-order valence-electron chi connectivity index (χ1n) is 13.0. The number of fused-ring (bicyclic) bond motifs is 2. The second kappa shape index (κ2) is 10.4. The van der Waals surface area contributed by atoms with Crippen LogP contribution in [0.25, 0.3) is 0 Å². The largest absolute Gasteiger partial charge is 0.490 e. The van der Waals surface area contributed by atoms with Crippen LogP contribution in [-0.4, -0.2) is 17.9 Å². The maximum absolute atomic E-state index is 14.3. The maximum atomic E-state index is 14.3. The molecule has 196 valence electrons. The van der Waals surface area contributed by atoms with Crippen molar-refractivity contribution in [1.29, 1.82) is 0 Å². The van der Waals surface area contributed by atoms with Gasteiger partial charge in [0.15, 0.2) is 0 Å². The van der Waals surface area contributed by atoms with Gasteiger partial charge in [0, 0.05) is 37.2 Å². The molecule has 0 radical (unpaired) electrons. The lowest BCUT2D eigenvalue weighted by Crippen LogP contribution is -2.57. The van der Waals surface area contributed by atoms with E-state index < -0.39 is 17.4 Å². The van der Waals surface area contributed by atoms with E-state index in [-0.39, 0.29) is 24.3 Å². The number of hydrogen-bond donors (Lipinski definition) is 2. The molecule has 2 N–H and O–H groups in total. The molecule has 2 amide bonds. The number of carbonyl (C=O) groups excluding carboxylic acids is 2. The Hall–Kier alpha value is -2.29. The van der Waals surface area contributed by atoms with E-state index in [1.54, 1.807) is 18.2 Å². The first kappa shape index (κ1) is 26.0. The second-order valence-corrected chi connectivity index (χ2v) is 12.5. The molecule has 1 spiro atoms. The molecule has 38 heavy (non-hydrogen) atoms. The number of amides is 2. The first-order chi connectivity index (χ1) is 18.4. The molecule has 1 saturated carbocycles. The van der Waals surface area contributed by atoms with Crippen LogP contribution in [0.4, 0.5) is 5.69 Å². The molecule has 6 rings (SSSR count). The Morgan fingerprint density at radius 2 is 1.71 bits per heavy atom. The summed E-state index contributed by atoms with van der Waals surface area (Å²) in [5, 5.41) is 7.41. The van der Waals surface area contributed by atoms with E-state index in [1.807, 2.05) is 42.5 Å². The highest BCUT2D eigenvalue weighted by molar-refractivity contribution is 14.1. The molecule has 2 fully saturated rings. The van der Waals surface area contributed by atoms with Crippen LogP contribution in [0.15, 0.2) is 60.7 Å². The van der Waals surface area contributed by atoms with Gasteiger partial charge in [-0.1, -0.05) is 47.8 Å². The average molecular weight is 661 g/mol. The summed E-state index contributed by atoms with van der Waals surface area (Å²) in [5.41, 5.74) is 1.99. The van der Waals surface area contributed by atoms with Crippen LogP contribution in [-0.2, 0) is 15.0 Å². The van der Waals surface area contributed by atoms with Crippen LogP contribution in [0.5, 0.6) is 5.75 Å². The standard InChI is InChI=1S/C30H27Cl2IN2O3/c31-18-6-4-5-17(13-18)24-16-27(36)35-28(30(24)23-11-9-19(32)14-25(23)34-29(30)37)22-15-20(33)10-12-26(22)38-21-7-2-1-3-8-21/h4-6,9-15,21,24,28H,1-3,7-8,16H2,(H,34,37)(H,35,36)/t24-,28+,30-/m0/s1. The van der Waals surface area contributed by atoms with Gasteiger partial charge < -0.3 is 15.4 Å². The number of halogens is 3. The molecule has 0 unspecified atom stereocenters. The fraction of sp³-hybridized carbons (Fsp3) is 0.333. The second-order valence-electron chi connectivity index (χ2n) is 10.4. The zero-order chi connectivity index (χ0) is 26.4. The summed E-state index contributed by atoms with van der Waals surface area (Å²) < 4.78 is 7.60. The summed E-state index contributed by atoms with van der Waals surface area (Å²) in [5.74, 6) is -0.0396. The first-order valence-corrected chi connectivity index (χ1v) is 14.8. The quantitative estimate of drug-likeness (QED) is 0.284. The summed E-state index contributed by atoms with van der Waals surface area (Å²) in [6.45, 7) is 0. The zero-order valence-electron chi connectivity index (χ0n) is 20.6. The van der Waals surface area contributed by atoms with Crippen LogP contribution >= 0.6 is 45.8 Å². The van der Waals surface area contributed by atoms with Crippen LogP contribution in [0.1, 0.15) is 67.2 Å². The van der Waals surface area contributed by atoms with E-state index >= 15 is 0 Å². The molecular formula is C30H27Cl2IN2O3. The Balaban J connectivity index is 1.57. The lowest BCUT2D eigenvalue weighted by atomic mass is 9.59. The van der Waals surface area contributed by atoms with Gasteiger partial charge >= 0.3 is 0 Å². The van der Waals surface area contributed by atoms with Gasteiger partial charge in [0.2, 0.25) is 11.8 Å². The van der Waals surface area contributed by atoms with Crippen molar-refractivity contribution in [3.8, 4) is 5.75 Å². The molecule has 3 atom stereocenters. The zero-order valence-corrected chi connectivity index (χ0v) is 24.3. The summed E-state index contributed by atoms with van der Waals surface area (Å²) in [7, 11) is 0. The smallest absolute Gasteiger partial charge is 0.238 e. The van der Waals surface area contributed by atoms with Gasteiger partial charge in [-0.2, -0.15) is 0 Å². The molecule has 3 aromatic rings. The molecule has 1 saturated heterocycles.